The monoisotopic (exact) mass is 1050 g/mol. The lowest BCUT2D eigenvalue weighted by Gasteiger charge is -2.34. The second-order valence-corrected chi connectivity index (χ2v) is 23.4. The zero-order valence-corrected chi connectivity index (χ0v) is 48.0. The quantitative estimate of drug-likeness (QED) is 0.149. The molecule has 12 rings (SSSR count). The minimum Gasteiger partial charge on any atom is -0.381 e. The SMILES string of the molecule is CC1=C/C(=C/C2=NCCC3=c4ccc(C)cc4=NC23)C(C(C)C)=CC1=O.CC1=C/C(=C/C2=NCCc3c2[nH]c2cc(C)ccc32)C(C(C)C)=CC1=O.CC1=CC(O)(CC2=NCCc3c2[nH]c2cc(C)ccc32)C(C(C)C)=CC1=O. The molecule has 0 bridgehead atoms. The summed E-state index contributed by atoms with van der Waals surface area (Å²) in [4.78, 5) is 62.7. The van der Waals surface area contributed by atoms with E-state index in [-0.39, 0.29) is 29.3 Å². The van der Waals surface area contributed by atoms with Crippen LogP contribution in [-0.2, 0) is 27.2 Å². The first kappa shape index (κ1) is 54.7. The van der Waals surface area contributed by atoms with Gasteiger partial charge in [0.15, 0.2) is 17.3 Å². The summed E-state index contributed by atoms with van der Waals surface area (Å²) in [6, 6.07) is 19.6. The van der Waals surface area contributed by atoms with Gasteiger partial charge in [0.05, 0.1) is 33.9 Å². The molecule has 404 valence electrons. The fourth-order valence-corrected chi connectivity index (χ4v) is 12.1. The number of nitrogens with one attached hydrogen (secondary N) is 2. The number of benzene rings is 3. The Hall–Kier alpha value is -7.69. The topological polar surface area (TPSA) is 152 Å². The Morgan fingerprint density at radius 3 is 1.73 bits per heavy atom. The maximum atomic E-state index is 12.1. The van der Waals surface area contributed by atoms with Crippen LogP contribution in [0.2, 0.25) is 0 Å². The van der Waals surface area contributed by atoms with Crippen LogP contribution in [0.15, 0.2) is 168 Å². The van der Waals surface area contributed by atoms with Gasteiger partial charge in [-0.1, -0.05) is 77.9 Å². The fourth-order valence-electron chi connectivity index (χ4n) is 12.1. The lowest BCUT2D eigenvalue weighted by molar-refractivity contribution is -0.112. The molecular formula is C69H74N6O4. The summed E-state index contributed by atoms with van der Waals surface area (Å²) in [6.07, 6.45) is 18.4. The van der Waals surface area contributed by atoms with E-state index in [2.05, 4.69) is 125 Å². The van der Waals surface area contributed by atoms with Gasteiger partial charge in [0.2, 0.25) is 0 Å². The van der Waals surface area contributed by atoms with Gasteiger partial charge in [-0.05, 0) is 223 Å². The predicted octanol–water partition coefficient (Wildman–Crippen LogP) is 11.9. The highest BCUT2D eigenvalue weighted by molar-refractivity contribution is 6.15. The smallest absolute Gasteiger partial charge is 0.181 e. The van der Waals surface area contributed by atoms with Crippen LogP contribution >= 0.6 is 0 Å². The lowest BCUT2D eigenvalue weighted by atomic mass is 9.76. The number of carbonyl (C=O) groups excluding carboxylic acids is 3. The highest BCUT2D eigenvalue weighted by atomic mass is 16.3. The Balaban J connectivity index is 0.000000134. The Morgan fingerprint density at radius 2 is 1.13 bits per heavy atom. The van der Waals surface area contributed by atoms with Crippen molar-refractivity contribution in [3.8, 4) is 0 Å². The number of hydrogen-bond acceptors (Lipinski definition) is 8. The maximum absolute atomic E-state index is 12.1. The first-order valence-electron chi connectivity index (χ1n) is 28.2. The van der Waals surface area contributed by atoms with Gasteiger partial charge in [-0.25, -0.2) is 0 Å². The second kappa shape index (κ2) is 21.9. The third-order valence-electron chi connectivity index (χ3n) is 16.3. The number of aromatic amines is 2. The van der Waals surface area contributed by atoms with Crippen LogP contribution in [0.3, 0.4) is 0 Å². The molecule has 6 heterocycles. The van der Waals surface area contributed by atoms with E-state index in [1.165, 1.54) is 54.9 Å². The summed E-state index contributed by atoms with van der Waals surface area (Å²) in [5.74, 6) is 0.870. The number of aliphatic hydroxyl groups is 1. The number of aliphatic imine (C=N–C) groups is 3. The number of allylic oxidation sites excluding steroid dienone is 13. The summed E-state index contributed by atoms with van der Waals surface area (Å²) >= 11 is 0. The predicted molar refractivity (Wildman–Crippen MR) is 323 cm³/mol. The van der Waals surface area contributed by atoms with Gasteiger partial charge in [0.25, 0.3) is 0 Å². The van der Waals surface area contributed by atoms with Gasteiger partial charge in [0, 0.05) is 53.1 Å². The van der Waals surface area contributed by atoms with Gasteiger partial charge >= 0.3 is 0 Å². The summed E-state index contributed by atoms with van der Waals surface area (Å²) in [6.45, 7) is 26.7. The molecule has 5 aromatic rings. The Bertz CT molecular complexity index is 3930. The van der Waals surface area contributed by atoms with Crippen molar-refractivity contribution in [2.24, 2.45) is 37.7 Å². The van der Waals surface area contributed by atoms with Crippen LogP contribution in [0.25, 0.3) is 27.4 Å². The number of ketones is 3. The van der Waals surface area contributed by atoms with Gasteiger partial charge in [0.1, 0.15) is 11.6 Å². The van der Waals surface area contributed by atoms with Crippen LogP contribution in [-0.4, -0.2) is 80.8 Å². The molecule has 2 unspecified atom stereocenters. The average molecular weight is 1050 g/mol. The normalized spacial score (nSPS) is 21.6. The summed E-state index contributed by atoms with van der Waals surface area (Å²) in [7, 11) is 0. The minimum atomic E-state index is -1.17. The molecular weight excluding hydrogens is 977 g/mol. The van der Waals surface area contributed by atoms with Gasteiger partial charge in [-0.2, -0.15) is 0 Å². The van der Waals surface area contributed by atoms with Crippen molar-refractivity contribution in [1.29, 1.82) is 0 Å². The van der Waals surface area contributed by atoms with Crippen molar-refractivity contribution in [1.82, 2.24) is 9.97 Å². The number of hydrogen-bond donors (Lipinski definition) is 3. The van der Waals surface area contributed by atoms with Crippen LogP contribution in [0.5, 0.6) is 0 Å². The van der Waals surface area contributed by atoms with E-state index in [0.29, 0.717) is 23.8 Å². The molecule has 3 aromatic carbocycles. The van der Waals surface area contributed by atoms with Gasteiger partial charge < -0.3 is 15.1 Å². The molecule has 2 aromatic heterocycles. The molecule has 0 spiro atoms. The maximum Gasteiger partial charge on any atom is 0.181 e. The first-order chi connectivity index (χ1) is 37.7. The molecule has 0 fully saturated rings. The number of rotatable bonds is 7. The van der Waals surface area contributed by atoms with Crippen LogP contribution < -0.4 is 10.6 Å². The molecule has 0 amide bonds. The molecule has 10 heteroatoms. The number of aryl methyl sites for hydroxylation is 3. The fraction of sp³-hybridized carbons (Fsp3) is 0.348. The van der Waals surface area contributed by atoms with E-state index in [4.69, 9.17) is 20.0 Å². The number of carbonyl (C=O) groups is 3. The Morgan fingerprint density at radius 1 is 0.595 bits per heavy atom. The van der Waals surface area contributed by atoms with Crippen molar-refractivity contribution in [3.63, 3.8) is 0 Å². The highest BCUT2D eigenvalue weighted by Gasteiger charge is 2.38. The van der Waals surface area contributed by atoms with Crippen LogP contribution in [0.1, 0.15) is 114 Å². The molecule has 3 N–H and O–H groups in total. The van der Waals surface area contributed by atoms with E-state index < -0.39 is 5.60 Å². The van der Waals surface area contributed by atoms with Crippen molar-refractivity contribution in [2.75, 3.05) is 19.6 Å². The molecule has 0 saturated heterocycles. The summed E-state index contributed by atoms with van der Waals surface area (Å²) in [5, 5.41) is 16.4. The van der Waals surface area contributed by atoms with Gasteiger partial charge in [-0.3, -0.25) is 34.4 Å². The number of aromatic nitrogens is 2. The van der Waals surface area contributed by atoms with Crippen molar-refractivity contribution >= 4 is 61.9 Å². The lowest BCUT2D eigenvalue weighted by Crippen LogP contribution is -2.38. The van der Waals surface area contributed by atoms with E-state index in [1.54, 1.807) is 31.2 Å². The number of nitrogens with zero attached hydrogens (tertiary/aromatic N) is 4. The first-order valence-corrected chi connectivity index (χ1v) is 28.2. The molecule has 0 saturated carbocycles. The third-order valence-corrected chi connectivity index (χ3v) is 16.3. The Labute approximate surface area is 464 Å². The van der Waals surface area contributed by atoms with E-state index >= 15 is 0 Å². The van der Waals surface area contributed by atoms with Crippen molar-refractivity contribution in [3.05, 3.63) is 198 Å². The van der Waals surface area contributed by atoms with E-state index in [1.807, 2.05) is 39.8 Å². The van der Waals surface area contributed by atoms with Crippen molar-refractivity contribution < 1.29 is 19.5 Å². The van der Waals surface area contributed by atoms with E-state index in [0.717, 1.165) is 117 Å². The summed E-state index contributed by atoms with van der Waals surface area (Å²) < 4.78 is 0. The zero-order valence-electron chi connectivity index (χ0n) is 48.0. The molecule has 7 aliphatic rings. The Kier molecular flexibility index (Phi) is 15.1. The zero-order chi connectivity index (χ0) is 56.2. The van der Waals surface area contributed by atoms with Crippen LogP contribution in [0.4, 0.5) is 0 Å². The molecule has 4 aliphatic heterocycles. The summed E-state index contributed by atoms with van der Waals surface area (Å²) in [5.41, 5.74) is 21.1. The number of H-pyrrole nitrogens is 2. The average Bonchev–Trinajstić information content (AvgIpc) is 4.35. The molecule has 10 nitrogen and oxygen atoms in total. The molecule has 79 heavy (non-hydrogen) atoms. The molecule has 2 atom stereocenters. The largest absolute Gasteiger partial charge is 0.381 e. The second-order valence-electron chi connectivity index (χ2n) is 23.4. The molecule has 0 radical (unpaired) electrons. The van der Waals surface area contributed by atoms with Crippen molar-refractivity contribution in [2.45, 2.75) is 120 Å². The van der Waals surface area contributed by atoms with Gasteiger partial charge in [-0.15, -0.1) is 0 Å². The van der Waals surface area contributed by atoms with E-state index in [9.17, 15) is 19.5 Å². The van der Waals surface area contributed by atoms with Crippen LogP contribution in [0, 0.1) is 38.5 Å². The minimum absolute atomic E-state index is 0.0178. The third kappa shape index (κ3) is 10.9. The number of fused-ring (bicyclic) bond motifs is 8. The molecule has 3 aliphatic carbocycles. The highest BCUT2D eigenvalue weighted by Crippen LogP contribution is 2.38. The standard InChI is InChI=1S/C23H26N2O2.2C23H24N2O/c1-13(2)18-10-21(26)15(4)11-23(18,27)12-20-22-17(7-8-24-20)16-6-5-14(3)9-19(16)25-22;2*1-13(2)19-12-22(26)15(4)10-16(19)11-21-23-18(7-8-24-21)17-6-5-14(3)9-20(17)25-23/h5-6,9-11,13,25,27H,7-8,12H2,1-4H3;5-6,9-13,25H,7-8H2,1-4H3;5-6,9-13,23H,7-8H2,1-4H3/b;2*16-11-.